The predicted molar refractivity (Wildman–Crippen MR) is 397 cm³/mol. The van der Waals surface area contributed by atoms with Gasteiger partial charge in [-0.15, -0.1) is 0 Å². The van der Waals surface area contributed by atoms with Crippen molar-refractivity contribution in [1.29, 1.82) is 0 Å². The minimum atomic E-state index is 0.809. The molecule has 0 saturated carbocycles. The van der Waals surface area contributed by atoms with E-state index in [1.165, 1.54) is 66.1 Å². The molecule has 0 aliphatic heterocycles. The molecule has 96 heavy (non-hydrogen) atoms. The zero-order valence-electron chi connectivity index (χ0n) is 52.1. The Balaban J connectivity index is 0.750. The van der Waals surface area contributed by atoms with Crippen LogP contribution in [-0.2, 0) is 0 Å². The van der Waals surface area contributed by atoms with Crippen LogP contribution in [0.15, 0.2) is 353 Å². The molecule has 2 aliphatic rings. The Morgan fingerprint density at radius 1 is 0.198 bits per heavy atom. The highest BCUT2D eigenvalue weighted by Gasteiger charge is 2.28. The zero-order chi connectivity index (χ0) is 63.5. The number of benzene rings is 12. The molecule has 0 fully saturated rings. The first-order chi connectivity index (χ1) is 47.6. The Hall–Kier alpha value is -13.0. The highest BCUT2D eigenvalue weighted by atomic mass is 15.2. The van der Waals surface area contributed by atoms with Crippen LogP contribution in [0.1, 0.15) is 0 Å². The van der Waals surface area contributed by atoms with E-state index in [1.807, 2.05) is 61.3 Å². The molecule has 0 saturated heterocycles. The van der Waals surface area contributed by atoms with Gasteiger partial charge in [-0.2, -0.15) is 0 Å². The maximum absolute atomic E-state index is 5.37. The van der Waals surface area contributed by atoms with E-state index in [0.717, 1.165) is 102 Å². The van der Waals surface area contributed by atoms with Crippen molar-refractivity contribution >= 4 is 90.1 Å². The summed E-state index contributed by atoms with van der Waals surface area (Å²) in [6, 6.07) is 115. The summed E-state index contributed by atoms with van der Waals surface area (Å²) in [5.74, 6) is 1.62. The number of pyridine rings is 4. The van der Waals surface area contributed by atoms with E-state index < -0.39 is 0 Å². The van der Waals surface area contributed by atoms with Crippen LogP contribution in [0.5, 0.6) is 0 Å². The highest BCUT2D eigenvalue weighted by Crippen LogP contribution is 2.54. The number of hydrogen-bond donors (Lipinski definition) is 0. The molecule has 4 heterocycles. The fourth-order valence-corrected chi connectivity index (χ4v) is 14.5. The van der Waals surface area contributed by atoms with Gasteiger partial charge in [0.1, 0.15) is 11.6 Å². The molecule has 0 unspecified atom stereocenters. The largest absolute Gasteiger partial charge is 0.309 e. The van der Waals surface area contributed by atoms with Gasteiger partial charge in [0.15, 0.2) is 0 Å². The van der Waals surface area contributed by atoms with Gasteiger partial charge in [0.25, 0.3) is 0 Å². The molecule has 0 radical (unpaired) electrons. The van der Waals surface area contributed by atoms with Crippen molar-refractivity contribution in [3.05, 3.63) is 353 Å². The van der Waals surface area contributed by atoms with Gasteiger partial charge < -0.3 is 9.80 Å². The first kappa shape index (κ1) is 55.8. The quantitative estimate of drug-likeness (QED) is 0.101. The Kier molecular flexibility index (Phi) is 13.7. The molecule has 18 rings (SSSR count). The lowest BCUT2D eigenvalue weighted by molar-refractivity contribution is 1.16. The zero-order valence-corrected chi connectivity index (χ0v) is 52.1. The predicted octanol–water partition coefficient (Wildman–Crippen LogP) is 23.7. The maximum atomic E-state index is 5.37. The SMILES string of the molecule is c1ccc(N(c2cccnc2)c2cc(-c3ccc4c5c(cccc35)-c3ccccc3-4)cc(N(c3ccccc3)c3ccc(-c4ccc5c(c4)-c4cccc6c(-c7cc(N(c8ccccc8)c8ccccn8)cc(N(c8ccccc8)c8ccccn8)c7)ccc-5c46)nc3)c2)cc1. The van der Waals surface area contributed by atoms with E-state index in [-0.39, 0.29) is 0 Å². The Bertz CT molecular complexity index is 5340. The second-order valence-electron chi connectivity index (χ2n) is 24.2. The van der Waals surface area contributed by atoms with Crippen molar-refractivity contribution in [1.82, 2.24) is 19.9 Å². The topological polar surface area (TPSA) is 64.5 Å². The summed E-state index contributed by atoms with van der Waals surface area (Å²) in [6.07, 6.45) is 9.50. The minimum Gasteiger partial charge on any atom is -0.309 e. The van der Waals surface area contributed by atoms with Crippen LogP contribution in [0.2, 0.25) is 0 Å². The number of nitrogens with zero attached hydrogens (tertiary/aromatic N) is 8. The number of aromatic nitrogens is 4. The highest BCUT2D eigenvalue weighted by molar-refractivity contribution is 6.20. The maximum Gasteiger partial charge on any atom is 0.137 e. The second kappa shape index (κ2) is 23.6. The second-order valence-corrected chi connectivity index (χ2v) is 24.2. The molecule has 4 aromatic heterocycles. The van der Waals surface area contributed by atoms with Crippen molar-refractivity contribution in [2.75, 3.05) is 19.6 Å². The van der Waals surface area contributed by atoms with Gasteiger partial charge >= 0.3 is 0 Å². The molecule has 0 spiro atoms. The number of hydrogen-bond acceptors (Lipinski definition) is 8. The van der Waals surface area contributed by atoms with Gasteiger partial charge in [0.05, 0.1) is 40.8 Å². The third-order valence-electron chi connectivity index (χ3n) is 18.7. The minimum absolute atomic E-state index is 0.809. The third kappa shape index (κ3) is 9.70. The number of anilines is 12. The number of rotatable bonds is 15. The van der Waals surface area contributed by atoms with E-state index in [0.29, 0.717) is 0 Å². The molecular weight excluding hydrogens is 1170 g/mol. The van der Waals surface area contributed by atoms with Crippen LogP contribution in [0.3, 0.4) is 0 Å². The fourth-order valence-electron chi connectivity index (χ4n) is 14.5. The summed E-state index contributed by atoms with van der Waals surface area (Å²) in [7, 11) is 0. The van der Waals surface area contributed by atoms with Crippen LogP contribution >= 0.6 is 0 Å². The van der Waals surface area contributed by atoms with Crippen LogP contribution in [0.4, 0.5) is 68.5 Å². The van der Waals surface area contributed by atoms with Crippen molar-refractivity contribution in [2.24, 2.45) is 0 Å². The van der Waals surface area contributed by atoms with Crippen LogP contribution < -0.4 is 19.6 Å². The lowest BCUT2D eigenvalue weighted by atomic mass is 9.93. The summed E-state index contributed by atoms with van der Waals surface area (Å²) >= 11 is 0. The number of para-hydroxylation sites is 4. The summed E-state index contributed by atoms with van der Waals surface area (Å²) in [5.41, 5.74) is 26.0. The Morgan fingerprint density at radius 2 is 0.594 bits per heavy atom. The average molecular weight is 1230 g/mol. The standard InChI is InChI=1S/C88H58N8/c1-5-22-62(23-6-1)93(66-30-21-47-89-57-66)68-50-60(72-42-44-81-75-32-14-13-31-74(75)79-35-19-33-77(72)87(79)81)51-69(55-68)94(63-24-7-2-8-25-63)67-40-46-84(92-58-67)59-39-41-76-82-45-43-73(78-34-20-36-80(88(78)82)83(76)54-59)61-52-70(95(64-26-9-3-10-27-64)85-37-15-17-48-90-85)56-71(53-61)96(65-28-11-4-12-29-65)86-38-16-18-49-91-86/h1-58H. The van der Waals surface area contributed by atoms with Crippen molar-refractivity contribution in [3.63, 3.8) is 0 Å². The van der Waals surface area contributed by atoms with Gasteiger partial charge in [-0.25, -0.2) is 9.97 Å². The van der Waals surface area contributed by atoms with Gasteiger partial charge in [-0.05, 0) is 228 Å². The molecule has 0 atom stereocenters. The summed E-state index contributed by atoms with van der Waals surface area (Å²) in [4.78, 5) is 29.0. The van der Waals surface area contributed by atoms with Crippen molar-refractivity contribution < 1.29 is 0 Å². The first-order valence-electron chi connectivity index (χ1n) is 32.4. The lowest BCUT2D eigenvalue weighted by Crippen LogP contribution is -2.15. The lowest BCUT2D eigenvalue weighted by Gasteiger charge is -2.30. The van der Waals surface area contributed by atoms with Crippen LogP contribution in [0, 0.1) is 0 Å². The van der Waals surface area contributed by atoms with Gasteiger partial charge in [0.2, 0.25) is 0 Å². The van der Waals surface area contributed by atoms with E-state index in [9.17, 15) is 0 Å². The monoisotopic (exact) mass is 1230 g/mol. The van der Waals surface area contributed by atoms with E-state index >= 15 is 0 Å². The fraction of sp³-hybridized carbons (Fsp3) is 0. The third-order valence-corrected chi connectivity index (χ3v) is 18.7. The van der Waals surface area contributed by atoms with Gasteiger partial charge in [-0.3, -0.25) is 19.8 Å². The van der Waals surface area contributed by atoms with E-state index in [1.54, 1.807) is 0 Å². The van der Waals surface area contributed by atoms with E-state index in [2.05, 4.69) is 316 Å². The normalized spacial score (nSPS) is 11.5. The van der Waals surface area contributed by atoms with Gasteiger partial charge in [0, 0.05) is 58.3 Å². The molecule has 8 heteroatoms. The molecule has 12 aromatic carbocycles. The average Bonchev–Trinajstić information content (AvgIpc) is 1.55. The Morgan fingerprint density at radius 3 is 1.05 bits per heavy atom. The summed E-state index contributed by atoms with van der Waals surface area (Å²) < 4.78 is 0. The number of fused-ring (bicyclic) bond motifs is 6. The van der Waals surface area contributed by atoms with E-state index in [4.69, 9.17) is 15.0 Å². The first-order valence-corrected chi connectivity index (χ1v) is 32.4. The molecular formula is C88H58N8. The van der Waals surface area contributed by atoms with Crippen LogP contribution in [-0.4, -0.2) is 19.9 Å². The summed E-state index contributed by atoms with van der Waals surface area (Å²) in [5, 5.41) is 4.89. The van der Waals surface area contributed by atoms with Crippen molar-refractivity contribution in [3.8, 4) is 78.0 Å². The molecule has 0 amide bonds. The van der Waals surface area contributed by atoms with Crippen molar-refractivity contribution in [2.45, 2.75) is 0 Å². The molecule has 0 bridgehead atoms. The Labute approximate surface area is 556 Å². The molecule has 16 aromatic rings. The van der Waals surface area contributed by atoms with Crippen LogP contribution in [0.25, 0.3) is 99.6 Å². The smallest absolute Gasteiger partial charge is 0.137 e. The molecule has 450 valence electrons. The molecule has 0 N–H and O–H groups in total. The summed E-state index contributed by atoms with van der Waals surface area (Å²) in [6.45, 7) is 0. The molecule has 2 aliphatic carbocycles. The molecule has 8 nitrogen and oxygen atoms in total. The van der Waals surface area contributed by atoms with Gasteiger partial charge in [-0.1, -0.05) is 182 Å².